The van der Waals surface area contributed by atoms with Crippen molar-refractivity contribution in [3.8, 4) is 0 Å². The van der Waals surface area contributed by atoms with Gasteiger partial charge in [0.05, 0.1) is 5.56 Å². The van der Waals surface area contributed by atoms with E-state index in [1.807, 2.05) is 0 Å². The molecule has 7 heteroatoms. The van der Waals surface area contributed by atoms with Gasteiger partial charge in [-0.2, -0.15) is 13.2 Å². The van der Waals surface area contributed by atoms with Crippen molar-refractivity contribution in [1.82, 2.24) is 9.80 Å². The van der Waals surface area contributed by atoms with E-state index in [0.29, 0.717) is 18.7 Å². The third-order valence-corrected chi connectivity index (χ3v) is 6.38. The highest BCUT2D eigenvalue weighted by atomic mass is 19.4. The van der Waals surface area contributed by atoms with Crippen LogP contribution >= 0.6 is 0 Å². The van der Waals surface area contributed by atoms with Gasteiger partial charge in [0.1, 0.15) is 5.82 Å². The lowest BCUT2D eigenvalue weighted by Crippen LogP contribution is -2.36. The van der Waals surface area contributed by atoms with Gasteiger partial charge in [-0.1, -0.05) is 30.7 Å². The number of rotatable bonds is 4. The van der Waals surface area contributed by atoms with E-state index >= 15 is 0 Å². The zero-order valence-corrected chi connectivity index (χ0v) is 17.2. The summed E-state index contributed by atoms with van der Waals surface area (Å²) in [6.45, 7) is 3.48. The lowest BCUT2D eigenvalue weighted by atomic mass is 9.87. The largest absolute Gasteiger partial charge is 0.416 e. The number of hydrogen-bond donors (Lipinski definition) is 0. The maximum absolute atomic E-state index is 13.6. The Hall–Kier alpha value is -2.41. The van der Waals surface area contributed by atoms with Crippen molar-refractivity contribution >= 4 is 5.91 Å². The van der Waals surface area contributed by atoms with Crippen LogP contribution in [0.15, 0.2) is 48.5 Å². The predicted octanol–water partition coefficient (Wildman–Crippen LogP) is 5.19. The zero-order chi connectivity index (χ0) is 22.0. The van der Waals surface area contributed by atoms with Crippen molar-refractivity contribution in [1.29, 1.82) is 0 Å². The quantitative estimate of drug-likeness (QED) is 0.619. The Balaban J connectivity index is 1.59. The van der Waals surface area contributed by atoms with Gasteiger partial charge in [-0.25, -0.2) is 4.39 Å². The molecule has 2 aromatic carbocycles. The summed E-state index contributed by atoms with van der Waals surface area (Å²) in [5.41, 5.74) is 0.199. The van der Waals surface area contributed by atoms with Gasteiger partial charge in [0.15, 0.2) is 0 Å². The molecule has 166 valence electrons. The maximum atomic E-state index is 13.6. The number of likely N-dealkylation sites (tertiary alicyclic amines) is 2. The minimum atomic E-state index is -4.41. The molecule has 0 aromatic heterocycles. The van der Waals surface area contributed by atoms with Crippen LogP contribution < -0.4 is 0 Å². The highest BCUT2D eigenvalue weighted by Gasteiger charge is 2.39. The van der Waals surface area contributed by atoms with E-state index in [1.54, 1.807) is 17.0 Å². The van der Waals surface area contributed by atoms with E-state index in [2.05, 4.69) is 4.90 Å². The van der Waals surface area contributed by atoms with E-state index in [4.69, 9.17) is 0 Å². The van der Waals surface area contributed by atoms with E-state index in [1.165, 1.54) is 36.8 Å². The fourth-order valence-corrected chi connectivity index (χ4v) is 4.82. The number of hydrogen-bond acceptors (Lipinski definition) is 2. The predicted molar refractivity (Wildman–Crippen MR) is 110 cm³/mol. The van der Waals surface area contributed by atoms with Crippen LogP contribution in [0.2, 0.25) is 0 Å². The number of carbonyl (C=O) groups is 1. The van der Waals surface area contributed by atoms with Crippen LogP contribution in [0.4, 0.5) is 17.6 Å². The van der Waals surface area contributed by atoms with Crippen molar-refractivity contribution in [3.63, 3.8) is 0 Å². The molecule has 0 unspecified atom stereocenters. The SMILES string of the molecule is O=C(c1cccc(F)c1)N1C[C@@H](CN2CCCCC2)[C@@H](c2cccc(C(F)(F)F)c2)C1. The topological polar surface area (TPSA) is 23.6 Å². The van der Waals surface area contributed by atoms with E-state index in [-0.39, 0.29) is 23.3 Å². The van der Waals surface area contributed by atoms with Crippen molar-refractivity contribution in [3.05, 3.63) is 71.0 Å². The summed E-state index contributed by atoms with van der Waals surface area (Å²) in [5.74, 6) is -0.928. The highest BCUT2D eigenvalue weighted by molar-refractivity contribution is 5.94. The number of alkyl halides is 3. The Labute approximate surface area is 179 Å². The molecule has 2 heterocycles. The van der Waals surface area contributed by atoms with Crippen molar-refractivity contribution in [2.75, 3.05) is 32.7 Å². The molecular weight excluding hydrogens is 408 g/mol. The second-order valence-corrected chi connectivity index (χ2v) is 8.57. The first-order chi connectivity index (χ1) is 14.8. The van der Waals surface area contributed by atoms with Gasteiger partial charge in [-0.3, -0.25) is 4.79 Å². The molecular formula is C24H26F4N2O. The molecule has 4 rings (SSSR count). The number of amides is 1. The summed E-state index contributed by atoms with van der Waals surface area (Å²) in [4.78, 5) is 17.0. The molecule has 0 radical (unpaired) electrons. The first kappa shape index (κ1) is 21.8. The minimum Gasteiger partial charge on any atom is -0.338 e. The Morgan fingerprint density at radius 1 is 0.968 bits per heavy atom. The maximum Gasteiger partial charge on any atom is 0.416 e. The summed E-state index contributed by atoms with van der Waals surface area (Å²) >= 11 is 0. The Bertz CT molecular complexity index is 924. The Morgan fingerprint density at radius 3 is 2.42 bits per heavy atom. The number of piperidine rings is 1. The van der Waals surface area contributed by atoms with Gasteiger partial charge < -0.3 is 9.80 Å². The molecule has 2 fully saturated rings. The molecule has 0 spiro atoms. The third-order valence-electron chi connectivity index (χ3n) is 6.38. The highest BCUT2D eigenvalue weighted by Crippen LogP contribution is 2.37. The van der Waals surface area contributed by atoms with Crippen molar-refractivity contribution < 1.29 is 22.4 Å². The van der Waals surface area contributed by atoms with Crippen molar-refractivity contribution in [2.45, 2.75) is 31.4 Å². The average molecular weight is 434 g/mol. The molecule has 2 aliphatic rings. The Morgan fingerprint density at radius 2 is 1.71 bits per heavy atom. The van der Waals surface area contributed by atoms with Crippen LogP contribution in [0, 0.1) is 11.7 Å². The second kappa shape index (κ2) is 8.99. The lowest BCUT2D eigenvalue weighted by Gasteiger charge is -2.31. The van der Waals surface area contributed by atoms with E-state index in [0.717, 1.165) is 38.5 Å². The first-order valence-corrected chi connectivity index (χ1v) is 10.8. The summed E-state index contributed by atoms with van der Waals surface area (Å²) in [6, 6.07) is 11.0. The molecule has 1 amide bonds. The first-order valence-electron chi connectivity index (χ1n) is 10.8. The van der Waals surface area contributed by atoms with Gasteiger partial charge in [-0.05, 0) is 61.7 Å². The number of nitrogens with zero attached hydrogens (tertiary/aromatic N) is 2. The monoisotopic (exact) mass is 434 g/mol. The van der Waals surface area contributed by atoms with E-state index < -0.39 is 17.6 Å². The summed E-state index contributed by atoms with van der Waals surface area (Å²) in [6.07, 6.45) is -0.976. The average Bonchev–Trinajstić information content (AvgIpc) is 3.17. The normalized spacial score (nSPS) is 22.6. The molecule has 0 saturated carbocycles. The van der Waals surface area contributed by atoms with Gasteiger partial charge in [0.25, 0.3) is 5.91 Å². The molecule has 2 saturated heterocycles. The number of carbonyl (C=O) groups excluding carboxylic acids is 1. The molecule has 3 nitrogen and oxygen atoms in total. The van der Waals surface area contributed by atoms with Crippen LogP contribution in [0.25, 0.3) is 0 Å². The standard InChI is InChI=1S/C24H26F4N2O/c25-21-9-5-7-18(13-21)23(31)30-15-19(14-29-10-2-1-3-11-29)22(16-30)17-6-4-8-20(12-17)24(26,27)28/h4-9,12-13,19,22H,1-3,10-11,14-16H2/t19-,22-/m1/s1. The molecule has 2 atom stereocenters. The van der Waals surface area contributed by atoms with E-state index in [9.17, 15) is 22.4 Å². The smallest absolute Gasteiger partial charge is 0.338 e. The molecule has 2 aliphatic heterocycles. The third kappa shape index (κ3) is 5.09. The number of halogens is 4. The van der Waals surface area contributed by atoms with Gasteiger partial charge >= 0.3 is 6.18 Å². The molecule has 0 aliphatic carbocycles. The lowest BCUT2D eigenvalue weighted by molar-refractivity contribution is -0.137. The summed E-state index contributed by atoms with van der Waals surface area (Å²) in [5, 5.41) is 0. The minimum absolute atomic E-state index is 0.0269. The summed E-state index contributed by atoms with van der Waals surface area (Å²) in [7, 11) is 0. The molecule has 0 bridgehead atoms. The van der Waals surface area contributed by atoms with Gasteiger partial charge in [0.2, 0.25) is 0 Å². The molecule has 2 aromatic rings. The second-order valence-electron chi connectivity index (χ2n) is 8.57. The van der Waals surface area contributed by atoms with Crippen LogP contribution in [-0.4, -0.2) is 48.4 Å². The molecule has 0 N–H and O–H groups in total. The Kier molecular flexibility index (Phi) is 6.32. The summed E-state index contributed by atoms with van der Waals surface area (Å²) < 4.78 is 53.5. The molecule has 31 heavy (non-hydrogen) atoms. The van der Waals surface area contributed by atoms with Gasteiger partial charge in [0, 0.05) is 31.1 Å². The van der Waals surface area contributed by atoms with Crippen LogP contribution in [0.5, 0.6) is 0 Å². The van der Waals surface area contributed by atoms with Crippen molar-refractivity contribution in [2.24, 2.45) is 5.92 Å². The number of benzene rings is 2. The fraction of sp³-hybridized carbons (Fsp3) is 0.458. The van der Waals surface area contributed by atoms with Crippen LogP contribution in [0.1, 0.15) is 46.7 Å². The van der Waals surface area contributed by atoms with Crippen LogP contribution in [0.3, 0.4) is 0 Å². The fourth-order valence-electron chi connectivity index (χ4n) is 4.82. The van der Waals surface area contributed by atoms with Crippen LogP contribution in [-0.2, 0) is 6.18 Å². The van der Waals surface area contributed by atoms with Gasteiger partial charge in [-0.15, -0.1) is 0 Å². The zero-order valence-electron chi connectivity index (χ0n) is 17.2.